The van der Waals surface area contributed by atoms with Crippen molar-refractivity contribution in [2.75, 3.05) is 65.4 Å². The molecule has 4 aromatic rings. The molecule has 1 N–H and O–H groups in total. The minimum Gasteiger partial charge on any atom is -0.444 e. The highest BCUT2D eigenvalue weighted by molar-refractivity contribution is 6.30. The van der Waals surface area contributed by atoms with Gasteiger partial charge in [-0.25, -0.2) is 4.79 Å². The van der Waals surface area contributed by atoms with E-state index in [1.807, 2.05) is 75.6 Å². The number of hydrogen-bond donors (Lipinski definition) is 1. The summed E-state index contributed by atoms with van der Waals surface area (Å²) < 4.78 is 5.49. The van der Waals surface area contributed by atoms with Crippen LogP contribution in [0, 0.1) is 0 Å². The van der Waals surface area contributed by atoms with Crippen LogP contribution in [0.5, 0.6) is 0 Å². The molecule has 0 spiro atoms. The second kappa shape index (κ2) is 20.9. The van der Waals surface area contributed by atoms with Gasteiger partial charge in [0.25, 0.3) is 0 Å². The number of nitrogens with one attached hydrogen (secondary N) is 1. The average Bonchev–Trinajstić information content (AvgIpc) is 3.14. The van der Waals surface area contributed by atoms with Crippen LogP contribution in [0.4, 0.5) is 4.79 Å². The number of piperazine rings is 2. The molecular weight excluding hydrogens is 715 g/mol. The van der Waals surface area contributed by atoms with Crippen molar-refractivity contribution in [1.82, 2.24) is 30.0 Å². The fourth-order valence-corrected chi connectivity index (χ4v) is 6.82. The molecule has 2 aromatic heterocycles. The molecule has 2 atom stereocenters. The highest BCUT2D eigenvalue weighted by Crippen LogP contribution is 2.29. The molecule has 2 aliphatic heterocycles. The summed E-state index contributed by atoms with van der Waals surface area (Å²) in [5, 5.41) is 4.93. The third-order valence-corrected chi connectivity index (χ3v) is 9.84. The zero-order chi connectivity index (χ0) is 36.1. The highest BCUT2D eigenvalue weighted by Gasteiger charge is 2.26. The number of ether oxygens (including phenoxy) is 1. The number of pyridine rings is 2. The second-order valence-corrected chi connectivity index (χ2v) is 15.1. The normalized spacial score (nSPS) is 16.5. The zero-order valence-corrected chi connectivity index (χ0v) is 32.9. The minimum atomic E-state index is -0.456. The van der Waals surface area contributed by atoms with Crippen LogP contribution < -0.4 is 5.32 Å². The van der Waals surface area contributed by atoms with E-state index in [0.29, 0.717) is 19.0 Å². The molecule has 8 nitrogen and oxygen atoms in total. The van der Waals surface area contributed by atoms with E-state index in [-0.39, 0.29) is 24.4 Å². The van der Waals surface area contributed by atoms with E-state index < -0.39 is 5.60 Å². The number of rotatable bonds is 10. The van der Waals surface area contributed by atoms with Crippen molar-refractivity contribution in [2.24, 2.45) is 0 Å². The molecule has 4 heterocycles. The van der Waals surface area contributed by atoms with Crippen LogP contribution >= 0.6 is 35.6 Å². The number of carbonyl (C=O) groups is 1. The molecule has 52 heavy (non-hydrogen) atoms. The standard InChI is InChI=1S/C23H30ClN3O2.C18H22ClN3.ClH/c1-23(2,3)29-22(28)27-16-14-26(15-17-27)13-11-20(21-6-4-5-12-25-21)18-7-9-19(24)10-8-18;19-16-6-4-15(5-7-16)17(18-3-1-2-9-21-18)8-12-22-13-10-20-11-14-22;/h4-10,12,20H,11,13-17H2,1-3H3;1-7,9,17,20H,8,10-14H2;1H. The van der Waals surface area contributed by atoms with Crippen LogP contribution in [0.3, 0.4) is 0 Å². The number of nitrogens with zero attached hydrogens (tertiary/aromatic N) is 5. The maximum absolute atomic E-state index is 12.3. The zero-order valence-electron chi connectivity index (χ0n) is 30.6. The van der Waals surface area contributed by atoms with Gasteiger partial charge >= 0.3 is 6.09 Å². The molecular formula is C41H53Cl3N6O2. The molecule has 2 aromatic carbocycles. The Labute approximate surface area is 326 Å². The van der Waals surface area contributed by atoms with Crippen molar-refractivity contribution in [3.05, 3.63) is 130 Å². The molecule has 0 aliphatic carbocycles. The predicted molar refractivity (Wildman–Crippen MR) is 215 cm³/mol. The smallest absolute Gasteiger partial charge is 0.410 e. The van der Waals surface area contributed by atoms with E-state index >= 15 is 0 Å². The molecule has 6 rings (SSSR count). The number of aromatic nitrogens is 2. The largest absolute Gasteiger partial charge is 0.444 e. The Bertz CT molecular complexity index is 1590. The first-order valence-corrected chi connectivity index (χ1v) is 18.9. The topological polar surface area (TPSA) is 73.8 Å². The summed E-state index contributed by atoms with van der Waals surface area (Å²) in [6.45, 7) is 15.3. The molecule has 2 unspecified atom stereocenters. The Morgan fingerprint density at radius 3 is 1.54 bits per heavy atom. The van der Waals surface area contributed by atoms with E-state index in [2.05, 4.69) is 67.5 Å². The summed E-state index contributed by atoms with van der Waals surface area (Å²) in [4.78, 5) is 28.2. The minimum absolute atomic E-state index is 0. The van der Waals surface area contributed by atoms with Crippen molar-refractivity contribution in [3.63, 3.8) is 0 Å². The van der Waals surface area contributed by atoms with Gasteiger partial charge < -0.3 is 19.9 Å². The first-order valence-electron chi connectivity index (χ1n) is 18.1. The summed E-state index contributed by atoms with van der Waals surface area (Å²) in [7, 11) is 0. The molecule has 2 saturated heterocycles. The van der Waals surface area contributed by atoms with Crippen LogP contribution in [0.1, 0.15) is 68.0 Å². The lowest BCUT2D eigenvalue weighted by molar-refractivity contribution is 0.0144. The van der Waals surface area contributed by atoms with Gasteiger partial charge in [-0.05, 0) is 106 Å². The van der Waals surface area contributed by atoms with Gasteiger partial charge in [-0.1, -0.05) is 59.6 Å². The Hall–Kier alpha value is -3.24. The van der Waals surface area contributed by atoms with E-state index in [4.69, 9.17) is 27.9 Å². The third-order valence-electron chi connectivity index (χ3n) is 9.34. The van der Waals surface area contributed by atoms with Crippen LogP contribution in [-0.4, -0.2) is 102 Å². The Morgan fingerprint density at radius 2 is 1.13 bits per heavy atom. The third kappa shape index (κ3) is 13.3. The van der Waals surface area contributed by atoms with Crippen molar-refractivity contribution < 1.29 is 9.53 Å². The van der Waals surface area contributed by atoms with Gasteiger partial charge in [0.1, 0.15) is 5.60 Å². The Kier molecular flexibility index (Phi) is 16.7. The highest BCUT2D eigenvalue weighted by atomic mass is 35.5. The van der Waals surface area contributed by atoms with Gasteiger partial charge in [0.05, 0.1) is 0 Å². The summed E-state index contributed by atoms with van der Waals surface area (Å²) in [5.74, 6) is 0.547. The molecule has 0 bridgehead atoms. The van der Waals surface area contributed by atoms with E-state index in [9.17, 15) is 4.79 Å². The summed E-state index contributed by atoms with van der Waals surface area (Å²) in [6, 6.07) is 28.5. The van der Waals surface area contributed by atoms with Crippen LogP contribution in [0.15, 0.2) is 97.3 Å². The summed E-state index contributed by atoms with van der Waals surface area (Å²) >= 11 is 12.1. The van der Waals surface area contributed by atoms with Gasteiger partial charge in [-0.2, -0.15) is 0 Å². The quantitative estimate of drug-likeness (QED) is 0.174. The number of carbonyl (C=O) groups excluding carboxylic acids is 1. The lowest BCUT2D eigenvalue weighted by Gasteiger charge is -2.36. The predicted octanol–water partition coefficient (Wildman–Crippen LogP) is 8.39. The van der Waals surface area contributed by atoms with Gasteiger partial charge in [-0.15, -0.1) is 12.4 Å². The maximum atomic E-state index is 12.3. The second-order valence-electron chi connectivity index (χ2n) is 14.2. The first kappa shape index (κ1) is 41.5. The van der Waals surface area contributed by atoms with Crippen LogP contribution in [0.2, 0.25) is 10.0 Å². The number of benzene rings is 2. The monoisotopic (exact) mass is 766 g/mol. The molecule has 1 amide bonds. The summed E-state index contributed by atoms with van der Waals surface area (Å²) in [5.41, 5.74) is 4.27. The molecule has 0 saturated carbocycles. The van der Waals surface area contributed by atoms with Gasteiger partial charge in [0, 0.05) is 98.0 Å². The number of amides is 1. The van der Waals surface area contributed by atoms with Crippen molar-refractivity contribution >= 4 is 41.7 Å². The number of halogens is 3. The van der Waals surface area contributed by atoms with Crippen LogP contribution in [0.25, 0.3) is 0 Å². The fraction of sp³-hybridized carbons (Fsp3) is 0.439. The van der Waals surface area contributed by atoms with Gasteiger partial charge in [0.2, 0.25) is 0 Å². The van der Waals surface area contributed by atoms with E-state index in [1.165, 1.54) is 11.1 Å². The molecule has 280 valence electrons. The number of hydrogen-bond acceptors (Lipinski definition) is 7. The maximum Gasteiger partial charge on any atom is 0.410 e. The van der Waals surface area contributed by atoms with Crippen LogP contribution in [-0.2, 0) is 4.74 Å². The molecule has 2 aliphatic rings. The lowest BCUT2D eigenvalue weighted by Crippen LogP contribution is -2.50. The van der Waals surface area contributed by atoms with Gasteiger partial charge in [-0.3, -0.25) is 14.9 Å². The first-order chi connectivity index (χ1) is 24.6. The molecule has 2 fully saturated rings. The molecule has 0 radical (unpaired) electrons. The summed E-state index contributed by atoms with van der Waals surface area (Å²) in [6.07, 6.45) is 5.55. The van der Waals surface area contributed by atoms with Crippen molar-refractivity contribution in [1.29, 1.82) is 0 Å². The average molecular weight is 768 g/mol. The SMILES string of the molecule is CC(C)(C)OC(=O)N1CCN(CCC(c2ccc(Cl)cc2)c2ccccn2)CC1.Cl.Clc1ccc(C(CCN2CCNCC2)c2ccccn2)cc1. The van der Waals surface area contributed by atoms with Crippen molar-refractivity contribution in [2.45, 2.75) is 51.0 Å². The fourth-order valence-electron chi connectivity index (χ4n) is 6.56. The van der Waals surface area contributed by atoms with Gasteiger partial charge in [0.15, 0.2) is 0 Å². The Balaban J connectivity index is 0.000000236. The lowest BCUT2D eigenvalue weighted by atomic mass is 9.91. The van der Waals surface area contributed by atoms with Crippen molar-refractivity contribution in [3.8, 4) is 0 Å². The Morgan fingerprint density at radius 1 is 0.692 bits per heavy atom. The molecule has 11 heteroatoms. The van der Waals surface area contributed by atoms with E-state index in [0.717, 1.165) is 86.6 Å². The van der Waals surface area contributed by atoms with E-state index in [1.54, 1.807) is 4.90 Å².